The van der Waals surface area contributed by atoms with Crippen molar-refractivity contribution in [3.63, 3.8) is 0 Å². The molecule has 2 aromatic heterocycles. The predicted molar refractivity (Wildman–Crippen MR) is 79.3 cm³/mol. The molecule has 6 heteroatoms. The second-order valence-corrected chi connectivity index (χ2v) is 5.31. The first-order chi connectivity index (χ1) is 10.3. The third-order valence-electron chi connectivity index (χ3n) is 3.60. The van der Waals surface area contributed by atoms with Gasteiger partial charge in [0.2, 0.25) is 5.88 Å². The third kappa shape index (κ3) is 2.29. The van der Waals surface area contributed by atoms with Crippen LogP contribution in [-0.4, -0.2) is 26.6 Å². The van der Waals surface area contributed by atoms with E-state index < -0.39 is 0 Å². The lowest BCUT2D eigenvalue weighted by atomic mass is 10.3. The molecule has 4 rings (SSSR count). The summed E-state index contributed by atoms with van der Waals surface area (Å²) in [6, 6.07) is 11.4. The number of ether oxygens (including phenoxy) is 1. The first-order valence-corrected chi connectivity index (χ1v) is 7.01. The number of nitrogen functional groups attached to an aromatic ring is 1. The van der Waals surface area contributed by atoms with E-state index in [-0.39, 0.29) is 0 Å². The molecule has 1 saturated carbocycles. The van der Waals surface area contributed by atoms with Crippen molar-refractivity contribution in [3.05, 3.63) is 36.4 Å². The largest absolute Gasteiger partial charge is 0.476 e. The Balaban J connectivity index is 1.72. The van der Waals surface area contributed by atoms with Crippen molar-refractivity contribution in [2.24, 2.45) is 5.92 Å². The second kappa shape index (κ2) is 4.73. The third-order valence-corrected chi connectivity index (χ3v) is 3.60. The number of para-hydroxylation sites is 1. The zero-order chi connectivity index (χ0) is 14.2. The summed E-state index contributed by atoms with van der Waals surface area (Å²) in [5.41, 5.74) is 8.21. The average Bonchev–Trinajstić information content (AvgIpc) is 3.24. The Morgan fingerprint density at radius 3 is 2.90 bits per heavy atom. The van der Waals surface area contributed by atoms with Crippen LogP contribution < -0.4 is 10.5 Å². The van der Waals surface area contributed by atoms with Gasteiger partial charge in [0.15, 0.2) is 5.82 Å². The highest BCUT2D eigenvalue weighted by Gasteiger charge is 2.22. The first kappa shape index (κ1) is 12.1. The van der Waals surface area contributed by atoms with Crippen LogP contribution in [0.5, 0.6) is 5.88 Å². The number of anilines is 1. The number of rotatable bonds is 4. The summed E-state index contributed by atoms with van der Waals surface area (Å²) in [5.74, 6) is 1.78. The van der Waals surface area contributed by atoms with Crippen LogP contribution >= 0.6 is 0 Å². The predicted octanol–water partition coefficient (Wildman–Crippen LogP) is 2.19. The van der Waals surface area contributed by atoms with Crippen LogP contribution in [0.2, 0.25) is 0 Å². The molecule has 0 bridgehead atoms. The maximum atomic E-state index is 5.93. The SMILES string of the molecule is Nc1ccc(-n2nnc3ccccc32)nc1OCC1CC1. The summed E-state index contributed by atoms with van der Waals surface area (Å²) < 4.78 is 7.41. The van der Waals surface area contributed by atoms with Gasteiger partial charge in [-0.15, -0.1) is 5.10 Å². The average molecular weight is 281 g/mol. The molecule has 2 heterocycles. The van der Waals surface area contributed by atoms with Crippen LogP contribution in [0, 0.1) is 5.92 Å². The molecule has 3 aromatic rings. The molecule has 0 radical (unpaired) electrons. The van der Waals surface area contributed by atoms with E-state index >= 15 is 0 Å². The number of nitrogens with zero attached hydrogens (tertiary/aromatic N) is 4. The molecule has 0 spiro atoms. The van der Waals surface area contributed by atoms with Gasteiger partial charge < -0.3 is 10.5 Å². The monoisotopic (exact) mass is 281 g/mol. The Kier molecular flexibility index (Phi) is 2.73. The molecule has 0 amide bonds. The van der Waals surface area contributed by atoms with Crippen molar-refractivity contribution in [2.75, 3.05) is 12.3 Å². The zero-order valence-corrected chi connectivity index (χ0v) is 11.4. The number of aromatic nitrogens is 4. The lowest BCUT2D eigenvalue weighted by molar-refractivity contribution is 0.290. The molecule has 0 unspecified atom stereocenters. The van der Waals surface area contributed by atoms with Gasteiger partial charge in [-0.3, -0.25) is 0 Å². The van der Waals surface area contributed by atoms with Gasteiger partial charge in [0.05, 0.1) is 17.8 Å². The van der Waals surface area contributed by atoms with Crippen LogP contribution in [0.4, 0.5) is 5.69 Å². The summed E-state index contributed by atoms with van der Waals surface area (Å²) in [4.78, 5) is 4.48. The van der Waals surface area contributed by atoms with Gasteiger partial charge in [0.1, 0.15) is 5.52 Å². The molecule has 0 saturated heterocycles. The fraction of sp³-hybridized carbons (Fsp3) is 0.267. The van der Waals surface area contributed by atoms with E-state index in [0.29, 0.717) is 29.9 Å². The Labute approximate surface area is 121 Å². The highest BCUT2D eigenvalue weighted by Crippen LogP contribution is 2.30. The van der Waals surface area contributed by atoms with Crippen molar-refractivity contribution in [2.45, 2.75) is 12.8 Å². The molecule has 0 aliphatic heterocycles. The standard InChI is InChI=1S/C15H15N5O/c16-11-7-8-14(17-15(11)21-9-10-5-6-10)20-13-4-2-1-3-12(13)18-19-20/h1-4,7-8,10H,5-6,9,16H2. The van der Waals surface area contributed by atoms with Gasteiger partial charge in [-0.1, -0.05) is 17.3 Å². The molecule has 1 aromatic carbocycles. The molecular formula is C15H15N5O. The minimum absolute atomic E-state index is 0.471. The Hall–Kier alpha value is -2.63. The number of nitrogens with two attached hydrogens (primary N) is 1. The normalized spacial score (nSPS) is 14.5. The van der Waals surface area contributed by atoms with Gasteiger partial charge in [-0.05, 0) is 43.0 Å². The Morgan fingerprint density at radius 2 is 2.05 bits per heavy atom. The van der Waals surface area contributed by atoms with Gasteiger partial charge >= 0.3 is 0 Å². The molecule has 2 N–H and O–H groups in total. The van der Waals surface area contributed by atoms with Gasteiger partial charge in [0, 0.05) is 0 Å². The topological polar surface area (TPSA) is 78.9 Å². The highest BCUT2D eigenvalue weighted by atomic mass is 16.5. The van der Waals surface area contributed by atoms with E-state index in [1.54, 1.807) is 10.7 Å². The van der Waals surface area contributed by atoms with E-state index in [2.05, 4.69) is 15.3 Å². The smallest absolute Gasteiger partial charge is 0.239 e. The molecule has 1 aliphatic rings. The summed E-state index contributed by atoms with van der Waals surface area (Å²) in [7, 11) is 0. The van der Waals surface area contributed by atoms with E-state index in [1.165, 1.54) is 12.8 Å². The summed E-state index contributed by atoms with van der Waals surface area (Å²) in [6.45, 7) is 0.679. The van der Waals surface area contributed by atoms with E-state index in [4.69, 9.17) is 10.5 Å². The number of fused-ring (bicyclic) bond motifs is 1. The first-order valence-electron chi connectivity index (χ1n) is 7.01. The second-order valence-electron chi connectivity index (χ2n) is 5.31. The van der Waals surface area contributed by atoms with E-state index in [0.717, 1.165) is 11.0 Å². The van der Waals surface area contributed by atoms with E-state index in [9.17, 15) is 0 Å². The van der Waals surface area contributed by atoms with Crippen molar-refractivity contribution in [1.82, 2.24) is 20.0 Å². The molecular weight excluding hydrogens is 266 g/mol. The minimum atomic E-state index is 0.471. The summed E-state index contributed by atoms with van der Waals surface area (Å²) in [6.07, 6.45) is 2.46. The number of hydrogen-bond donors (Lipinski definition) is 1. The van der Waals surface area contributed by atoms with Gasteiger partial charge in [-0.25, -0.2) is 0 Å². The van der Waals surface area contributed by atoms with Gasteiger partial charge in [0.25, 0.3) is 0 Å². The maximum absolute atomic E-state index is 5.93. The van der Waals surface area contributed by atoms with E-state index in [1.807, 2.05) is 30.3 Å². The maximum Gasteiger partial charge on any atom is 0.239 e. The van der Waals surface area contributed by atoms with Crippen molar-refractivity contribution < 1.29 is 4.74 Å². The fourth-order valence-electron chi connectivity index (χ4n) is 2.19. The lowest BCUT2D eigenvalue weighted by Gasteiger charge is -2.09. The number of pyridine rings is 1. The van der Waals surface area contributed by atoms with Crippen molar-refractivity contribution in [1.29, 1.82) is 0 Å². The molecule has 6 nitrogen and oxygen atoms in total. The minimum Gasteiger partial charge on any atom is -0.476 e. The van der Waals surface area contributed by atoms with Crippen LogP contribution in [0.1, 0.15) is 12.8 Å². The van der Waals surface area contributed by atoms with Crippen molar-refractivity contribution in [3.8, 4) is 11.7 Å². The lowest BCUT2D eigenvalue weighted by Crippen LogP contribution is -2.07. The van der Waals surface area contributed by atoms with Crippen LogP contribution in [0.15, 0.2) is 36.4 Å². The van der Waals surface area contributed by atoms with Crippen LogP contribution in [0.3, 0.4) is 0 Å². The van der Waals surface area contributed by atoms with Gasteiger partial charge in [-0.2, -0.15) is 9.67 Å². The quantitative estimate of drug-likeness (QED) is 0.793. The fourth-order valence-corrected chi connectivity index (χ4v) is 2.19. The number of benzene rings is 1. The highest BCUT2D eigenvalue weighted by molar-refractivity contribution is 5.75. The molecule has 106 valence electrons. The summed E-state index contributed by atoms with van der Waals surface area (Å²) >= 11 is 0. The molecule has 1 fully saturated rings. The van der Waals surface area contributed by atoms with Crippen molar-refractivity contribution >= 4 is 16.7 Å². The van der Waals surface area contributed by atoms with Crippen LogP contribution in [0.25, 0.3) is 16.9 Å². The Morgan fingerprint density at radius 1 is 1.19 bits per heavy atom. The molecule has 0 atom stereocenters. The molecule has 21 heavy (non-hydrogen) atoms. The summed E-state index contributed by atoms with van der Waals surface area (Å²) in [5, 5.41) is 8.28. The Bertz CT molecular complexity index is 794. The molecule has 1 aliphatic carbocycles. The van der Waals surface area contributed by atoms with Crippen LogP contribution in [-0.2, 0) is 0 Å². The number of hydrogen-bond acceptors (Lipinski definition) is 5. The zero-order valence-electron chi connectivity index (χ0n) is 11.4.